The number of benzene rings is 1. The molecule has 2 heterocycles. The van der Waals surface area contributed by atoms with Gasteiger partial charge in [0.25, 0.3) is 0 Å². The average molecular weight is 380 g/mol. The van der Waals surface area contributed by atoms with E-state index in [0.717, 1.165) is 37.1 Å². The van der Waals surface area contributed by atoms with E-state index in [1.807, 2.05) is 18.2 Å². The van der Waals surface area contributed by atoms with Crippen LogP contribution in [0.15, 0.2) is 42.6 Å². The summed E-state index contributed by atoms with van der Waals surface area (Å²) in [7, 11) is 0. The Morgan fingerprint density at radius 2 is 1.96 bits per heavy atom. The zero-order chi connectivity index (χ0) is 19.4. The standard InChI is InChI=1S/C19H19F3N2O3/c20-19(21,22)15-4-5-17(23-12-15)27-16-3-1-2-14(11-16)10-13-6-8-24(9-7-13)18(25)26/h1-5,11-13H,6-10H2,(H,25,26). The Morgan fingerprint density at radius 3 is 2.56 bits per heavy atom. The molecule has 0 saturated carbocycles. The summed E-state index contributed by atoms with van der Waals surface area (Å²) in [5.41, 5.74) is 0.212. The van der Waals surface area contributed by atoms with Gasteiger partial charge in [-0.1, -0.05) is 12.1 Å². The fourth-order valence-corrected chi connectivity index (χ4v) is 3.13. The SMILES string of the molecule is O=C(O)N1CCC(Cc2cccc(Oc3ccc(C(F)(F)F)cn3)c2)CC1. The quantitative estimate of drug-likeness (QED) is 0.826. The van der Waals surface area contributed by atoms with Crippen molar-refractivity contribution in [2.45, 2.75) is 25.4 Å². The van der Waals surface area contributed by atoms with Crippen molar-refractivity contribution in [1.82, 2.24) is 9.88 Å². The van der Waals surface area contributed by atoms with E-state index < -0.39 is 17.8 Å². The molecule has 0 bridgehead atoms. The number of alkyl halides is 3. The number of likely N-dealkylation sites (tertiary alicyclic amines) is 1. The van der Waals surface area contributed by atoms with Crippen LogP contribution < -0.4 is 4.74 Å². The summed E-state index contributed by atoms with van der Waals surface area (Å²) in [4.78, 5) is 16.1. The predicted octanol–water partition coefficient (Wildman–Crippen LogP) is 4.83. The van der Waals surface area contributed by atoms with Gasteiger partial charge >= 0.3 is 12.3 Å². The monoisotopic (exact) mass is 380 g/mol. The number of carbonyl (C=O) groups is 1. The molecule has 3 rings (SSSR count). The fourth-order valence-electron chi connectivity index (χ4n) is 3.13. The molecule has 144 valence electrons. The van der Waals surface area contributed by atoms with Crippen LogP contribution in [0.3, 0.4) is 0 Å². The van der Waals surface area contributed by atoms with Gasteiger partial charge in [-0.3, -0.25) is 0 Å². The van der Waals surface area contributed by atoms with Gasteiger partial charge in [0.15, 0.2) is 0 Å². The molecule has 0 unspecified atom stereocenters. The number of amides is 1. The zero-order valence-corrected chi connectivity index (χ0v) is 14.4. The highest BCUT2D eigenvalue weighted by Crippen LogP contribution is 2.30. The van der Waals surface area contributed by atoms with Crippen molar-refractivity contribution in [3.05, 3.63) is 53.7 Å². The third-order valence-corrected chi connectivity index (χ3v) is 4.59. The zero-order valence-electron chi connectivity index (χ0n) is 14.4. The van der Waals surface area contributed by atoms with Crippen molar-refractivity contribution in [1.29, 1.82) is 0 Å². The number of nitrogens with zero attached hydrogens (tertiary/aromatic N) is 2. The minimum absolute atomic E-state index is 0.0925. The summed E-state index contributed by atoms with van der Waals surface area (Å²) in [6.45, 7) is 1.07. The first-order valence-corrected chi connectivity index (χ1v) is 8.59. The molecule has 1 aliphatic rings. The Kier molecular flexibility index (Phi) is 5.53. The van der Waals surface area contributed by atoms with Crippen molar-refractivity contribution < 1.29 is 27.8 Å². The summed E-state index contributed by atoms with van der Waals surface area (Å²) >= 11 is 0. The minimum atomic E-state index is -4.43. The number of halogens is 3. The van der Waals surface area contributed by atoms with E-state index in [1.54, 1.807) is 6.07 Å². The number of aromatic nitrogens is 1. The van der Waals surface area contributed by atoms with Crippen LogP contribution in [-0.2, 0) is 12.6 Å². The Hall–Kier alpha value is -2.77. The number of piperidine rings is 1. The molecule has 1 aromatic heterocycles. The van der Waals surface area contributed by atoms with E-state index in [2.05, 4.69) is 4.98 Å². The number of ether oxygens (including phenoxy) is 1. The third-order valence-electron chi connectivity index (χ3n) is 4.59. The molecule has 1 saturated heterocycles. The second-order valence-electron chi connectivity index (χ2n) is 6.55. The number of hydrogen-bond donors (Lipinski definition) is 1. The topological polar surface area (TPSA) is 62.7 Å². The molecule has 0 aliphatic carbocycles. The maximum absolute atomic E-state index is 12.6. The van der Waals surface area contributed by atoms with Gasteiger partial charge in [0, 0.05) is 25.4 Å². The van der Waals surface area contributed by atoms with E-state index in [4.69, 9.17) is 9.84 Å². The van der Waals surface area contributed by atoms with Crippen LogP contribution in [0.5, 0.6) is 11.6 Å². The molecule has 0 radical (unpaired) electrons. The highest BCUT2D eigenvalue weighted by atomic mass is 19.4. The van der Waals surface area contributed by atoms with Gasteiger partial charge in [0.1, 0.15) is 5.75 Å². The van der Waals surface area contributed by atoms with Gasteiger partial charge < -0.3 is 14.7 Å². The highest BCUT2D eigenvalue weighted by Gasteiger charge is 2.30. The molecule has 2 aromatic rings. The van der Waals surface area contributed by atoms with Gasteiger partial charge in [-0.25, -0.2) is 9.78 Å². The normalized spacial score (nSPS) is 15.6. The smallest absolute Gasteiger partial charge is 0.417 e. The van der Waals surface area contributed by atoms with Crippen molar-refractivity contribution in [3.63, 3.8) is 0 Å². The predicted molar refractivity (Wildman–Crippen MR) is 91.8 cm³/mol. The molecule has 8 heteroatoms. The maximum Gasteiger partial charge on any atom is 0.417 e. The van der Waals surface area contributed by atoms with E-state index >= 15 is 0 Å². The van der Waals surface area contributed by atoms with Crippen molar-refractivity contribution in [2.24, 2.45) is 5.92 Å². The second kappa shape index (κ2) is 7.85. The average Bonchev–Trinajstić information content (AvgIpc) is 2.62. The molecule has 1 amide bonds. The van der Waals surface area contributed by atoms with Crippen LogP contribution in [0.4, 0.5) is 18.0 Å². The first-order chi connectivity index (χ1) is 12.8. The molecule has 0 spiro atoms. The van der Waals surface area contributed by atoms with E-state index in [9.17, 15) is 18.0 Å². The van der Waals surface area contributed by atoms with Gasteiger partial charge in [-0.05, 0) is 48.9 Å². The first-order valence-electron chi connectivity index (χ1n) is 8.59. The Morgan fingerprint density at radius 1 is 1.22 bits per heavy atom. The van der Waals surface area contributed by atoms with Crippen LogP contribution in [0.25, 0.3) is 0 Å². The molecule has 27 heavy (non-hydrogen) atoms. The lowest BCUT2D eigenvalue weighted by Gasteiger charge is -2.30. The molecular weight excluding hydrogens is 361 g/mol. The molecule has 1 fully saturated rings. The largest absolute Gasteiger partial charge is 0.465 e. The summed E-state index contributed by atoms with van der Waals surface area (Å²) in [6, 6.07) is 9.45. The van der Waals surface area contributed by atoms with Crippen molar-refractivity contribution in [2.75, 3.05) is 13.1 Å². The van der Waals surface area contributed by atoms with E-state index in [-0.39, 0.29) is 5.88 Å². The Labute approximate surface area is 154 Å². The van der Waals surface area contributed by atoms with Crippen LogP contribution in [-0.4, -0.2) is 34.2 Å². The third kappa shape index (κ3) is 5.12. The lowest BCUT2D eigenvalue weighted by atomic mass is 9.90. The van der Waals surface area contributed by atoms with Crippen molar-refractivity contribution >= 4 is 6.09 Å². The maximum atomic E-state index is 12.6. The van der Waals surface area contributed by atoms with E-state index in [0.29, 0.717) is 24.8 Å². The minimum Gasteiger partial charge on any atom is -0.465 e. The molecule has 1 aromatic carbocycles. The summed E-state index contributed by atoms with van der Waals surface area (Å²) in [5.74, 6) is 0.984. The van der Waals surface area contributed by atoms with E-state index in [1.165, 1.54) is 11.0 Å². The van der Waals surface area contributed by atoms with Crippen LogP contribution in [0.2, 0.25) is 0 Å². The second-order valence-corrected chi connectivity index (χ2v) is 6.55. The number of rotatable bonds is 4. The summed E-state index contributed by atoms with van der Waals surface area (Å²) < 4.78 is 43.3. The van der Waals surface area contributed by atoms with Crippen LogP contribution in [0, 0.1) is 5.92 Å². The molecule has 1 N–H and O–H groups in total. The first kappa shape index (κ1) is 19.0. The number of pyridine rings is 1. The molecule has 0 atom stereocenters. The molecule has 5 nitrogen and oxygen atoms in total. The number of carboxylic acid groups (broad SMARTS) is 1. The Balaban J connectivity index is 1.60. The fraction of sp³-hybridized carbons (Fsp3) is 0.368. The van der Waals surface area contributed by atoms with Crippen LogP contribution >= 0.6 is 0 Å². The van der Waals surface area contributed by atoms with Gasteiger partial charge in [-0.2, -0.15) is 13.2 Å². The van der Waals surface area contributed by atoms with Gasteiger partial charge in [0.05, 0.1) is 5.56 Å². The number of hydrogen-bond acceptors (Lipinski definition) is 3. The lowest BCUT2D eigenvalue weighted by Crippen LogP contribution is -2.37. The summed E-state index contributed by atoms with van der Waals surface area (Å²) in [5, 5.41) is 8.99. The van der Waals surface area contributed by atoms with Crippen LogP contribution in [0.1, 0.15) is 24.0 Å². The lowest BCUT2D eigenvalue weighted by molar-refractivity contribution is -0.137. The summed E-state index contributed by atoms with van der Waals surface area (Å²) in [6.07, 6.45) is -2.16. The van der Waals surface area contributed by atoms with Gasteiger partial charge in [0.2, 0.25) is 5.88 Å². The van der Waals surface area contributed by atoms with Gasteiger partial charge in [-0.15, -0.1) is 0 Å². The Bertz CT molecular complexity index is 786. The highest BCUT2D eigenvalue weighted by molar-refractivity contribution is 5.64. The molecule has 1 aliphatic heterocycles. The molecular formula is C19H19F3N2O3. The van der Waals surface area contributed by atoms with Crippen molar-refractivity contribution in [3.8, 4) is 11.6 Å².